The van der Waals surface area contributed by atoms with Gasteiger partial charge in [-0.2, -0.15) is 0 Å². The maximum Gasteiger partial charge on any atom is 0.356 e. The van der Waals surface area contributed by atoms with E-state index in [0.717, 1.165) is 0 Å². The number of nitrogens with one attached hydrogen (secondary N) is 1. The standard InChI is InChI=1S/C9H7ClN2O2/c1-2-5-11-7-4-3-6(10)8(12-7)9(13)14/h1,3-4H,5H2,(H,11,12)(H,13,14). The molecule has 0 amide bonds. The van der Waals surface area contributed by atoms with Crippen LogP contribution in [0.25, 0.3) is 0 Å². The second-order valence-electron chi connectivity index (χ2n) is 2.39. The number of anilines is 1. The van der Waals surface area contributed by atoms with Crippen molar-refractivity contribution in [1.82, 2.24) is 4.98 Å². The molecule has 0 aliphatic rings. The second kappa shape index (κ2) is 4.49. The number of hydrogen-bond donors (Lipinski definition) is 2. The lowest BCUT2D eigenvalue weighted by molar-refractivity contribution is 0.0691. The quantitative estimate of drug-likeness (QED) is 0.742. The number of carboxylic acids is 1. The fourth-order valence-corrected chi connectivity index (χ4v) is 1.02. The van der Waals surface area contributed by atoms with Crippen LogP contribution in [-0.2, 0) is 0 Å². The fourth-order valence-electron chi connectivity index (χ4n) is 0.832. The maximum atomic E-state index is 10.6. The Morgan fingerprint density at radius 2 is 2.43 bits per heavy atom. The molecule has 0 radical (unpaired) electrons. The lowest BCUT2D eigenvalue weighted by Crippen LogP contribution is -2.06. The van der Waals surface area contributed by atoms with Crippen molar-refractivity contribution in [2.75, 3.05) is 11.9 Å². The lowest BCUT2D eigenvalue weighted by atomic mass is 10.3. The predicted molar refractivity (Wildman–Crippen MR) is 53.5 cm³/mol. The summed E-state index contributed by atoms with van der Waals surface area (Å²) in [7, 11) is 0. The van der Waals surface area contributed by atoms with Crippen LogP contribution >= 0.6 is 11.6 Å². The van der Waals surface area contributed by atoms with Crippen molar-refractivity contribution in [3.05, 3.63) is 22.8 Å². The topological polar surface area (TPSA) is 62.2 Å². The highest BCUT2D eigenvalue weighted by Gasteiger charge is 2.10. The van der Waals surface area contributed by atoms with E-state index in [4.69, 9.17) is 23.1 Å². The third kappa shape index (κ3) is 2.38. The van der Waals surface area contributed by atoms with Crippen molar-refractivity contribution in [2.24, 2.45) is 0 Å². The molecule has 0 atom stereocenters. The summed E-state index contributed by atoms with van der Waals surface area (Å²) in [6.45, 7) is 0.285. The van der Waals surface area contributed by atoms with Gasteiger partial charge in [-0.1, -0.05) is 17.5 Å². The lowest BCUT2D eigenvalue weighted by Gasteiger charge is -2.03. The van der Waals surface area contributed by atoms with Gasteiger partial charge in [-0.25, -0.2) is 9.78 Å². The first-order valence-corrected chi connectivity index (χ1v) is 4.10. The normalized spacial score (nSPS) is 9.14. The molecule has 4 nitrogen and oxygen atoms in total. The molecule has 1 aromatic heterocycles. The molecule has 1 rings (SSSR count). The average molecular weight is 211 g/mol. The third-order valence-corrected chi connectivity index (χ3v) is 1.73. The molecule has 0 aliphatic heterocycles. The highest BCUT2D eigenvalue weighted by atomic mass is 35.5. The number of carboxylic acid groups (broad SMARTS) is 1. The van der Waals surface area contributed by atoms with Crippen molar-refractivity contribution in [2.45, 2.75) is 0 Å². The summed E-state index contributed by atoms with van der Waals surface area (Å²) in [5.41, 5.74) is -0.186. The predicted octanol–water partition coefficient (Wildman–Crippen LogP) is 1.48. The number of terminal acetylenes is 1. The fraction of sp³-hybridized carbons (Fsp3) is 0.111. The minimum atomic E-state index is -1.17. The summed E-state index contributed by atoms with van der Waals surface area (Å²) in [6, 6.07) is 3.02. The van der Waals surface area contributed by atoms with E-state index in [9.17, 15) is 4.79 Å². The van der Waals surface area contributed by atoms with E-state index < -0.39 is 5.97 Å². The van der Waals surface area contributed by atoms with E-state index in [-0.39, 0.29) is 17.3 Å². The molecule has 0 saturated carbocycles. The molecule has 0 aliphatic carbocycles. The Kier molecular flexibility index (Phi) is 3.32. The summed E-state index contributed by atoms with van der Waals surface area (Å²) in [5, 5.41) is 11.5. The Balaban J connectivity index is 2.96. The van der Waals surface area contributed by atoms with Gasteiger partial charge in [-0.3, -0.25) is 0 Å². The largest absolute Gasteiger partial charge is 0.476 e. The number of aromatic carboxylic acids is 1. The van der Waals surface area contributed by atoms with E-state index in [0.29, 0.717) is 5.82 Å². The Hall–Kier alpha value is -1.73. The summed E-state index contributed by atoms with van der Waals surface area (Å²) in [5.74, 6) is 1.57. The zero-order valence-corrected chi connectivity index (χ0v) is 7.88. The van der Waals surface area contributed by atoms with Crippen molar-refractivity contribution < 1.29 is 9.90 Å². The molecular formula is C9H7ClN2O2. The summed E-state index contributed by atoms with van der Waals surface area (Å²) in [4.78, 5) is 14.4. The van der Waals surface area contributed by atoms with E-state index in [1.54, 1.807) is 6.07 Å². The highest BCUT2D eigenvalue weighted by Crippen LogP contribution is 2.16. The van der Waals surface area contributed by atoms with Crippen LogP contribution in [0, 0.1) is 12.3 Å². The number of pyridine rings is 1. The smallest absolute Gasteiger partial charge is 0.356 e. The van der Waals surface area contributed by atoms with Crippen LogP contribution in [0.2, 0.25) is 5.02 Å². The molecule has 0 unspecified atom stereocenters. The number of halogens is 1. The van der Waals surface area contributed by atoms with E-state index in [2.05, 4.69) is 16.2 Å². The van der Waals surface area contributed by atoms with Gasteiger partial charge in [0.1, 0.15) is 5.82 Å². The van der Waals surface area contributed by atoms with E-state index >= 15 is 0 Å². The van der Waals surface area contributed by atoms with Gasteiger partial charge in [0.2, 0.25) is 0 Å². The number of rotatable bonds is 3. The van der Waals surface area contributed by atoms with Crippen LogP contribution in [-0.4, -0.2) is 22.6 Å². The van der Waals surface area contributed by atoms with Crippen LogP contribution in [0.5, 0.6) is 0 Å². The van der Waals surface area contributed by atoms with E-state index in [1.165, 1.54) is 6.07 Å². The van der Waals surface area contributed by atoms with Gasteiger partial charge in [0.15, 0.2) is 5.69 Å². The Morgan fingerprint density at radius 3 is 3.00 bits per heavy atom. The van der Waals surface area contributed by atoms with E-state index in [1.807, 2.05) is 0 Å². The highest BCUT2D eigenvalue weighted by molar-refractivity contribution is 6.33. The second-order valence-corrected chi connectivity index (χ2v) is 2.80. The first-order chi connectivity index (χ1) is 6.65. The number of aromatic nitrogens is 1. The van der Waals surface area contributed by atoms with Gasteiger partial charge in [0.05, 0.1) is 11.6 Å². The Bertz CT molecular complexity index is 398. The Labute approximate surface area is 85.9 Å². The van der Waals surface area contributed by atoms with Gasteiger partial charge in [-0.05, 0) is 12.1 Å². The van der Waals surface area contributed by atoms with Gasteiger partial charge in [0, 0.05) is 0 Å². The van der Waals surface area contributed by atoms with Gasteiger partial charge < -0.3 is 10.4 Å². The molecule has 72 valence electrons. The molecule has 0 saturated heterocycles. The summed E-state index contributed by atoms with van der Waals surface area (Å²) >= 11 is 5.61. The number of nitrogens with zero attached hydrogens (tertiary/aromatic N) is 1. The van der Waals surface area contributed by atoms with Crippen LogP contribution in [0.4, 0.5) is 5.82 Å². The van der Waals surface area contributed by atoms with Crippen molar-refractivity contribution in [3.8, 4) is 12.3 Å². The number of hydrogen-bond acceptors (Lipinski definition) is 3. The Morgan fingerprint density at radius 1 is 1.71 bits per heavy atom. The molecule has 0 aromatic carbocycles. The van der Waals surface area contributed by atoms with Gasteiger partial charge in [-0.15, -0.1) is 6.42 Å². The minimum Gasteiger partial charge on any atom is -0.476 e. The first-order valence-electron chi connectivity index (χ1n) is 3.72. The maximum absolute atomic E-state index is 10.6. The molecule has 1 aromatic rings. The van der Waals surface area contributed by atoms with Crippen molar-refractivity contribution in [1.29, 1.82) is 0 Å². The molecule has 14 heavy (non-hydrogen) atoms. The van der Waals surface area contributed by atoms with Crippen LogP contribution in [0.3, 0.4) is 0 Å². The first kappa shape index (κ1) is 10.4. The molecule has 0 spiro atoms. The molecule has 1 heterocycles. The molecule has 0 fully saturated rings. The average Bonchev–Trinajstić information content (AvgIpc) is 2.16. The molecule has 2 N–H and O–H groups in total. The molecule has 5 heteroatoms. The molecular weight excluding hydrogens is 204 g/mol. The summed E-state index contributed by atoms with van der Waals surface area (Å²) in [6.07, 6.45) is 5.02. The van der Waals surface area contributed by atoms with Crippen molar-refractivity contribution >= 4 is 23.4 Å². The monoisotopic (exact) mass is 210 g/mol. The summed E-state index contributed by atoms with van der Waals surface area (Å²) < 4.78 is 0. The zero-order valence-electron chi connectivity index (χ0n) is 7.12. The van der Waals surface area contributed by atoms with Crippen LogP contribution < -0.4 is 5.32 Å². The van der Waals surface area contributed by atoms with Gasteiger partial charge in [0.25, 0.3) is 0 Å². The van der Waals surface area contributed by atoms with Crippen LogP contribution in [0.15, 0.2) is 12.1 Å². The van der Waals surface area contributed by atoms with Crippen LogP contribution in [0.1, 0.15) is 10.5 Å². The minimum absolute atomic E-state index is 0.101. The zero-order chi connectivity index (χ0) is 10.6. The number of carbonyl (C=O) groups is 1. The third-order valence-electron chi connectivity index (χ3n) is 1.42. The molecule has 0 bridgehead atoms. The van der Waals surface area contributed by atoms with Gasteiger partial charge >= 0.3 is 5.97 Å². The van der Waals surface area contributed by atoms with Crippen molar-refractivity contribution in [3.63, 3.8) is 0 Å². The SMILES string of the molecule is C#CCNc1ccc(Cl)c(C(=O)O)n1.